The van der Waals surface area contributed by atoms with Crippen LogP contribution in [0.4, 0.5) is 0 Å². The number of rotatable bonds is 3. The van der Waals surface area contributed by atoms with E-state index in [1.54, 1.807) is 30.3 Å². The Morgan fingerprint density at radius 2 is 1.27 bits per heavy atom. The Balaban J connectivity index is 1.58. The predicted octanol–water partition coefficient (Wildman–Crippen LogP) is 4.89. The molecule has 2 aromatic heterocycles. The van der Waals surface area contributed by atoms with E-state index in [2.05, 4.69) is 0 Å². The van der Waals surface area contributed by atoms with Crippen LogP contribution >= 0.6 is 0 Å². The van der Waals surface area contributed by atoms with Crippen LogP contribution in [-0.2, 0) is 7.05 Å². The van der Waals surface area contributed by atoms with Crippen molar-refractivity contribution < 1.29 is 9.59 Å². The van der Waals surface area contributed by atoms with Crippen LogP contribution in [0.15, 0.2) is 90.5 Å². The Labute approximate surface area is 189 Å². The molecule has 158 valence electrons. The number of para-hydroxylation sites is 1. The lowest BCUT2D eigenvalue weighted by Crippen LogP contribution is -2.04. The second-order valence-electron chi connectivity index (χ2n) is 7.91. The zero-order valence-electron chi connectivity index (χ0n) is 17.8. The fraction of sp³-hybridized carbons (Fsp3) is 0.0370. The molecule has 0 spiro atoms. The number of Topliss-reactive ketones (excluding diaryl/α,β-unsaturated/α-hetero) is 2. The maximum absolute atomic E-state index is 13.0. The van der Waals surface area contributed by atoms with Crippen molar-refractivity contribution in [1.82, 2.24) is 19.1 Å². The smallest absolute Gasteiger partial charge is 0.197 e. The highest BCUT2D eigenvalue weighted by atomic mass is 16.2. The van der Waals surface area contributed by atoms with Gasteiger partial charge in [-0.1, -0.05) is 72.8 Å². The third kappa shape index (κ3) is 2.88. The van der Waals surface area contributed by atoms with Gasteiger partial charge in [0.2, 0.25) is 0 Å². The van der Waals surface area contributed by atoms with Gasteiger partial charge in [-0.2, -0.15) is 0 Å². The highest BCUT2D eigenvalue weighted by Crippen LogP contribution is 2.31. The summed E-state index contributed by atoms with van der Waals surface area (Å²) in [4.78, 5) is 35.7. The van der Waals surface area contributed by atoms with E-state index in [1.165, 1.54) is 0 Å². The number of aromatic nitrogens is 4. The highest BCUT2D eigenvalue weighted by Gasteiger charge is 2.33. The van der Waals surface area contributed by atoms with E-state index in [9.17, 15) is 9.59 Å². The Morgan fingerprint density at radius 3 is 1.91 bits per heavy atom. The zero-order valence-corrected chi connectivity index (χ0v) is 17.8. The number of carbonyl (C=O) groups excluding carboxylic acids is 2. The van der Waals surface area contributed by atoms with Gasteiger partial charge in [0.05, 0.1) is 5.57 Å². The molecule has 6 nitrogen and oxygen atoms in total. The van der Waals surface area contributed by atoms with Gasteiger partial charge in [0.1, 0.15) is 11.6 Å². The average molecular weight is 430 g/mol. The van der Waals surface area contributed by atoms with Crippen LogP contribution in [0.3, 0.4) is 0 Å². The molecule has 6 heteroatoms. The molecular weight excluding hydrogens is 412 g/mol. The van der Waals surface area contributed by atoms with Crippen LogP contribution in [0.1, 0.15) is 26.5 Å². The van der Waals surface area contributed by atoms with Gasteiger partial charge in [-0.3, -0.25) is 14.2 Å². The number of allylic oxidation sites excluding steroid dienone is 1. The summed E-state index contributed by atoms with van der Waals surface area (Å²) >= 11 is 0. The monoisotopic (exact) mass is 430 g/mol. The third-order valence-corrected chi connectivity index (χ3v) is 5.93. The van der Waals surface area contributed by atoms with Gasteiger partial charge in [-0.25, -0.2) is 9.97 Å². The quantitative estimate of drug-likeness (QED) is 0.302. The van der Waals surface area contributed by atoms with Crippen molar-refractivity contribution in [2.75, 3.05) is 0 Å². The summed E-state index contributed by atoms with van der Waals surface area (Å²) in [6, 6.07) is 26.5. The number of benzene rings is 3. The number of hydrogen-bond acceptors (Lipinski definition) is 4. The lowest BCUT2D eigenvalue weighted by molar-refractivity contribution is 0.0990. The van der Waals surface area contributed by atoms with E-state index in [0.717, 1.165) is 17.1 Å². The van der Waals surface area contributed by atoms with E-state index >= 15 is 0 Å². The number of nitrogens with zero attached hydrogens (tertiary/aromatic N) is 4. The number of fused-ring (bicyclic) bond motifs is 2. The van der Waals surface area contributed by atoms with Crippen molar-refractivity contribution in [3.63, 3.8) is 0 Å². The molecule has 1 aliphatic carbocycles. The lowest BCUT2D eigenvalue weighted by atomic mass is 10.1. The molecule has 0 saturated carbocycles. The van der Waals surface area contributed by atoms with Crippen molar-refractivity contribution in [2.45, 2.75) is 0 Å². The van der Waals surface area contributed by atoms with Crippen LogP contribution in [0.5, 0.6) is 0 Å². The van der Waals surface area contributed by atoms with E-state index < -0.39 is 0 Å². The summed E-state index contributed by atoms with van der Waals surface area (Å²) in [7, 11) is 1.92. The molecule has 0 N–H and O–H groups in total. The topological polar surface area (TPSA) is 69.8 Å². The van der Waals surface area contributed by atoms with E-state index in [4.69, 9.17) is 9.97 Å². The molecule has 0 atom stereocenters. The van der Waals surface area contributed by atoms with Gasteiger partial charge < -0.3 is 4.57 Å². The predicted molar refractivity (Wildman–Crippen MR) is 126 cm³/mol. The minimum absolute atomic E-state index is 0.118. The molecule has 0 radical (unpaired) electrons. The SMILES string of the molecule is Cn1c(-c2ccccc2)nc2c1nc(C=C1C(=O)c3ccccc3C1=O)n2-c1ccccc1. The normalized spacial score (nSPS) is 13.1. The molecule has 6 rings (SSSR count). The fourth-order valence-corrected chi connectivity index (χ4v) is 4.32. The summed E-state index contributed by atoms with van der Waals surface area (Å²) in [5, 5.41) is 0. The van der Waals surface area contributed by atoms with Crippen molar-refractivity contribution in [1.29, 1.82) is 0 Å². The first-order valence-electron chi connectivity index (χ1n) is 10.6. The molecule has 0 bridgehead atoms. The molecule has 0 unspecified atom stereocenters. The highest BCUT2D eigenvalue weighted by molar-refractivity contribution is 6.41. The van der Waals surface area contributed by atoms with E-state index in [-0.39, 0.29) is 17.1 Å². The first-order chi connectivity index (χ1) is 16.1. The molecular formula is C27H18N4O2. The average Bonchev–Trinajstić information content (AvgIpc) is 3.46. The summed E-state index contributed by atoms with van der Waals surface area (Å²) in [6.07, 6.45) is 1.58. The summed E-state index contributed by atoms with van der Waals surface area (Å²) in [5.41, 5.74) is 4.13. The Kier molecular flexibility index (Phi) is 4.20. The molecule has 0 amide bonds. The molecule has 0 saturated heterocycles. The van der Waals surface area contributed by atoms with Gasteiger partial charge in [-0.05, 0) is 18.2 Å². The van der Waals surface area contributed by atoms with Crippen LogP contribution in [0.2, 0.25) is 0 Å². The Bertz CT molecular complexity index is 1550. The lowest BCUT2D eigenvalue weighted by Gasteiger charge is -2.06. The maximum Gasteiger partial charge on any atom is 0.197 e. The number of ketones is 2. The van der Waals surface area contributed by atoms with Crippen LogP contribution in [-0.4, -0.2) is 30.7 Å². The largest absolute Gasteiger partial charge is 0.310 e. The van der Waals surface area contributed by atoms with Gasteiger partial charge >= 0.3 is 0 Å². The molecule has 3 aromatic carbocycles. The second-order valence-corrected chi connectivity index (χ2v) is 7.91. The molecule has 1 aliphatic rings. The Hall–Kier alpha value is -4.58. The maximum atomic E-state index is 13.0. The van der Waals surface area contributed by atoms with Crippen LogP contribution < -0.4 is 0 Å². The molecule has 5 aromatic rings. The number of carbonyl (C=O) groups is 2. The fourth-order valence-electron chi connectivity index (χ4n) is 4.32. The van der Waals surface area contributed by atoms with Gasteiger partial charge in [0, 0.05) is 29.4 Å². The number of hydrogen-bond donors (Lipinski definition) is 0. The molecule has 0 fully saturated rings. The summed E-state index contributed by atoms with van der Waals surface area (Å²) < 4.78 is 3.82. The number of imidazole rings is 2. The molecule has 2 heterocycles. The summed E-state index contributed by atoms with van der Waals surface area (Å²) in [6.45, 7) is 0. The van der Waals surface area contributed by atoms with E-state index in [1.807, 2.05) is 76.8 Å². The van der Waals surface area contributed by atoms with Gasteiger partial charge in [-0.15, -0.1) is 0 Å². The van der Waals surface area contributed by atoms with Crippen LogP contribution in [0, 0.1) is 0 Å². The van der Waals surface area contributed by atoms with Crippen molar-refractivity contribution in [2.24, 2.45) is 7.05 Å². The first kappa shape index (κ1) is 19.1. The second kappa shape index (κ2) is 7.24. The third-order valence-electron chi connectivity index (χ3n) is 5.93. The van der Waals surface area contributed by atoms with Crippen molar-refractivity contribution in [3.05, 3.63) is 107 Å². The van der Waals surface area contributed by atoms with Crippen molar-refractivity contribution in [3.8, 4) is 17.1 Å². The summed E-state index contributed by atoms with van der Waals surface area (Å²) in [5.74, 6) is 0.719. The zero-order chi connectivity index (χ0) is 22.5. The first-order valence-corrected chi connectivity index (χ1v) is 10.6. The van der Waals surface area contributed by atoms with Crippen molar-refractivity contribution >= 4 is 28.9 Å². The van der Waals surface area contributed by atoms with E-state index in [0.29, 0.717) is 28.2 Å². The molecule has 33 heavy (non-hydrogen) atoms. The minimum Gasteiger partial charge on any atom is -0.310 e. The van der Waals surface area contributed by atoms with Gasteiger partial charge in [0.15, 0.2) is 22.9 Å². The number of aryl methyl sites for hydroxylation is 1. The minimum atomic E-state index is -0.278. The van der Waals surface area contributed by atoms with Crippen LogP contribution in [0.25, 0.3) is 34.4 Å². The Morgan fingerprint density at radius 1 is 0.697 bits per heavy atom. The standard InChI is InChI=1S/C27H18N4O2/c1-30-25(17-10-4-2-5-11-17)29-27-26(30)28-22(31(27)18-12-6-3-7-13-18)16-21-23(32)19-14-8-9-15-20(19)24(21)33/h2-16H,1H3. The molecule has 0 aliphatic heterocycles. The van der Waals surface area contributed by atoms with Gasteiger partial charge in [0.25, 0.3) is 0 Å².